The van der Waals surface area contributed by atoms with Crippen molar-refractivity contribution in [3.05, 3.63) is 34.7 Å². The Morgan fingerprint density at radius 3 is 2.72 bits per heavy atom. The summed E-state index contributed by atoms with van der Waals surface area (Å²) in [5, 5.41) is 9.34. The summed E-state index contributed by atoms with van der Waals surface area (Å²) in [6.45, 7) is 1.74. The van der Waals surface area contributed by atoms with E-state index in [-0.39, 0.29) is 11.1 Å². The number of aryl methyl sites for hydroxylation is 1. The van der Waals surface area contributed by atoms with Gasteiger partial charge in [0.25, 0.3) is 5.91 Å². The lowest BCUT2D eigenvalue weighted by Gasteiger charge is -2.04. The van der Waals surface area contributed by atoms with Gasteiger partial charge in [0.15, 0.2) is 5.82 Å². The maximum Gasteiger partial charge on any atom is 0.257 e. The van der Waals surface area contributed by atoms with Crippen molar-refractivity contribution >= 4 is 29.1 Å². The van der Waals surface area contributed by atoms with Crippen LogP contribution >= 0.6 is 11.6 Å². The van der Waals surface area contributed by atoms with Gasteiger partial charge in [0, 0.05) is 18.7 Å². The first-order valence-electron chi connectivity index (χ1n) is 5.18. The van der Waals surface area contributed by atoms with Crippen molar-refractivity contribution in [3.8, 4) is 0 Å². The molecular formula is C11H11ClN4O2. The van der Waals surface area contributed by atoms with Crippen molar-refractivity contribution in [2.75, 3.05) is 17.7 Å². The van der Waals surface area contributed by atoms with Crippen LogP contribution in [0, 0.1) is 6.92 Å². The predicted molar refractivity (Wildman–Crippen MR) is 68.0 cm³/mol. The number of carbonyl (C=O) groups excluding carboxylic acids is 1. The van der Waals surface area contributed by atoms with Gasteiger partial charge < -0.3 is 15.2 Å². The zero-order valence-corrected chi connectivity index (χ0v) is 10.6. The Bertz CT molecular complexity index is 582. The molecule has 7 heteroatoms. The minimum absolute atomic E-state index is 0.239. The number of rotatable bonds is 3. The Morgan fingerprint density at radius 1 is 1.33 bits per heavy atom. The summed E-state index contributed by atoms with van der Waals surface area (Å²) in [7, 11) is 1.70. The minimum atomic E-state index is -0.330. The largest absolute Gasteiger partial charge is 0.373 e. The molecule has 0 saturated carbocycles. The van der Waals surface area contributed by atoms with Crippen LogP contribution < -0.4 is 10.6 Å². The molecule has 2 N–H and O–H groups in total. The smallest absolute Gasteiger partial charge is 0.257 e. The predicted octanol–water partition coefficient (Wildman–Crippen LogP) is 2.33. The van der Waals surface area contributed by atoms with Gasteiger partial charge in [-0.15, -0.1) is 0 Å². The Morgan fingerprint density at radius 2 is 2.11 bits per heavy atom. The molecule has 0 aliphatic heterocycles. The molecule has 0 atom stereocenters. The number of aromatic nitrogens is 2. The molecule has 0 spiro atoms. The maximum absolute atomic E-state index is 11.9. The van der Waals surface area contributed by atoms with Gasteiger partial charge in [0.05, 0.1) is 0 Å². The van der Waals surface area contributed by atoms with E-state index in [1.54, 1.807) is 26.1 Å². The van der Waals surface area contributed by atoms with Gasteiger partial charge in [-0.05, 0) is 19.1 Å². The third kappa shape index (κ3) is 2.78. The molecule has 0 saturated heterocycles. The third-order valence-corrected chi connectivity index (χ3v) is 2.38. The number of amides is 1. The van der Waals surface area contributed by atoms with Crippen molar-refractivity contribution in [1.82, 2.24) is 10.1 Å². The van der Waals surface area contributed by atoms with E-state index in [1.807, 2.05) is 0 Å². The number of hydrogen-bond donors (Lipinski definition) is 2. The van der Waals surface area contributed by atoms with Crippen LogP contribution in [0.1, 0.15) is 16.1 Å². The highest BCUT2D eigenvalue weighted by molar-refractivity contribution is 6.30. The average Bonchev–Trinajstić information content (AvgIpc) is 2.73. The summed E-state index contributed by atoms with van der Waals surface area (Å²) in [5.41, 5.74) is 0.389. The second-order valence-corrected chi connectivity index (χ2v) is 3.98. The summed E-state index contributed by atoms with van der Waals surface area (Å²) in [6.07, 6.45) is 0. The van der Waals surface area contributed by atoms with Gasteiger partial charge in [0.1, 0.15) is 16.7 Å². The zero-order valence-electron chi connectivity index (χ0n) is 9.82. The molecule has 0 radical (unpaired) electrons. The first-order valence-corrected chi connectivity index (χ1v) is 5.56. The number of carbonyl (C=O) groups is 1. The van der Waals surface area contributed by atoms with E-state index in [0.717, 1.165) is 0 Å². The molecular weight excluding hydrogens is 256 g/mol. The molecule has 18 heavy (non-hydrogen) atoms. The minimum Gasteiger partial charge on any atom is -0.373 e. The van der Waals surface area contributed by atoms with Crippen LogP contribution in [0.2, 0.25) is 5.15 Å². The highest BCUT2D eigenvalue weighted by Crippen LogP contribution is 2.16. The first kappa shape index (κ1) is 12.4. The SMILES string of the molecule is CNc1cc(C(=O)Nc2cc(C)on2)cc(Cl)n1. The van der Waals surface area contributed by atoms with Crippen LogP contribution in [0.3, 0.4) is 0 Å². The zero-order chi connectivity index (χ0) is 13.1. The van der Waals surface area contributed by atoms with Crippen molar-refractivity contribution in [2.24, 2.45) is 0 Å². The van der Waals surface area contributed by atoms with Gasteiger partial charge in [-0.1, -0.05) is 16.8 Å². The van der Waals surface area contributed by atoms with Crippen LogP contribution in [0.4, 0.5) is 11.6 Å². The van der Waals surface area contributed by atoms with E-state index in [1.165, 1.54) is 6.07 Å². The Balaban J connectivity index is 2.20. The lowest BCUT2D eigenvalue weighted by Crippen LogP contribution is -2.12. The first-order chi connectivity index (χ1) is 8.58. The average molecular weight is 267 g/mol. The van der Waals surface area contributed by atoms with Crippen LogP contribution in [0.15, 0.2) is 22.7 Å². The van der Waals surface area contributed by atoms with Crippen molar-refractivity contribution in [2.45, 2.75) is 6.92 Å². The number of halogens is 1. The fourth-order valence-electron chi connectivity index (χ4n) is 1.37. The van der Waals surface area contributed by atoms with Crippen molar-refractivity contribution in [3.63, 3.8) is 0 Å². The quantitative estimate of drug-likeness (QED) is 0.834. The second-order valence-electron chi connectivity index (χ2n) is 3.59. The highest BCUT2D eigenvalue weighted by Gasteiger charge is 2.11. The van der Waals surface area contributed by atoms with Crippen LogP contribution in [-0.2, 0) is 0 Å². The Kier molecular flexibility index (Phi) is 3.47. The van der Waals surface area contributed by atoms with Gasteiger partial charge in [-0.2, -0.15) is 0 Å². The van der Waals surface area contributed by atoms with Gasteiger partial charge in [-0.25, -0.2) is 4.98 Å². The van der Waals surface area contributed by atoms with E-state index >= 15 is 0 Å². The monoisotopic (exact) mass is 266 g/mol. The summed E-state index contributed by atoms with van der Waals surface area (Å²) in [6, 6.07) is 4.69. The molecule has 2 heterocycles. The van der Waals surface area contributed by atoms with Crippen molar-refractivity contribution in [1.29, 1.82) is 0 Å². The normalized spacial score (nSPS) is 10.2. The van der Waals surface area contributed by atoms with E-state index in [4.69, 9.17) is 16.1 Å². The molecule has 0 unspecified atom stereocenters. The molecule has 2 rings (SSSR count). The van der Waals surface area contributed by atoms with Crippen LogP contribution in [0.5, 0.6) is 0 Å². The number of hydrogen-bond acceptors (Lipinski definition) is 5. The molecule has 2 aromatic heterocycles. The lowest BCUT2D eigenvalue weighted by atomic mass is 10.2. The number of nitrogens with one attached hydrogen (secondary N) is 2. The van der Waals surface area contributed by atoms with Gasteiger partial charge in [0.2, 0.25) is 0 Å². The fourth-order valence-corrected chi connectivity index (χ4v) is 1.58. The van der Waals surface area contributed by atoms with Crippen LogP contribution in [0.25, 0.3) is 0 Å². The maximum atomic E-state index is 11.9. The Hall–Kier alpha value is -2.08. The second kappa shape index (κ2) is 5.05. The molecule has 0 aliphatic carbocycles. The summed E-state index contributed by atoms with van der Waals surface area (Å²) >= 11 is 5.81. The Labute approximate surface area is 108 Å². The number of anilines is 2. The third-order valence-electron chi connectivity index (χ3n) is 2.18. The molecule has 0 fully saturated rings. The van der Waals surface area contributed by atoms with Gasteiger partial charge in [-0.3, -0.25) is 4.79 Å². The summed E-state index contributed by atoms with van der Waals surface area (Å²) in [5.74, 6) is 1.17. The van der Waals surface area contributed by atoms with Crippen LogP contribution in [-0.4, -0.2) is 23.1 Å². The fraction of sp³-hybridized carbons (Fsp3) is 0.182. The van der Waals surface area contributed by atoms with E-state index in [0.29, 0.717) is 23.0 Å². The summed E-state index contributed by atoms with van der Waals surface area (Å²) < 4.78 is 4.85. The summed E-state index contributed by atoms with van der Waals surface area (Å²) in [4.78, 5) is 15.9. The van der Waals surface area contributed by atoms with Crippen molar-refractivity contribution < 1.29 is 9.32 Å². The molecule has 0 bridgehead atoms. The molecule has 0 aromatic carbocycles. The van der Waals surface area contributed by atoms with E-state index < -0.39 is 0 Å². The van der Waals surface area contributed by atoms with E-state index in [2.05, 4.69) is 20.8 Å². The molecule has 1 amide bonds. The van der Waals surface area contributed by atoms with Gasteiger partial charge >= 0.3 is 0 Å². The molecule has 6 nitrogen and oxygen atoms in total. The highest BCUT2D eigenvalue weighted by atomic mass is 35.5. The molecule has 0 aliphatic rings. The standard InChI is InChI=1S/C11H11ClN4O2/c1-6-3-10(16-18-6)15-11(17)7-4-8(12)14-9(5-7)13-2/h3-5H,1-2H3,(H,13,14)(H,15,16,17). The number of pyridine rings is 1. The number of nitrogens with zero attached hydrogens (tertiary/aromatic N) is 2. The lowest BCUT2D eigenvalue weighted by molar-refractivity contribution is 0.102. The molecule has 94 valence electrons. The topological polar surface area (TPSA) is 80.0 Å². The molecule has 2 aromatic rings. The van der Waals surface area contributed by atoms with E-state index in [9.17, 15) is 4.79 Å².